The van der Waals surface area contributed by atoms with Crippen LogP contribution in [0, 0.1) is 17.1 Å². The fourth-order valence-corrected chi connectivity index (χ4v) is 3.32. The molecule has 1 aromatic carbocycles. The lowest BCUT2D eigenvalue weighted by atomic mass is 10.0. The quantitative estimate of drug-likeness (QED) is 0.795. The van der Waals surface area contributed by atoms with Crippen molar-refractivity contribution in [3.63, 3.8) is 0 Å². The van der Waals surface area contributed by atoms with Crippen molar-refractivity contribution in [3.05, 3.63) is 35.9 Å². The number of carbonyl (C=O) groups is 1. The zero-order valence-electron chi connectivity index (χ0n) is 16.3. The lowest BCUT2D eigenvalue weighted by molar-refractivity contribution is 0.0185. The van der Waals surface area contributed by atoms with Gasteiger partial charge in [-0.05, 0) is 45.7 Å². The highest BCUT2D eigenvalue weighted by molar-refractivity contribution is 5.72. The maximum Gasteiger partial charge on any atom is 0.410 e. The minimum absolute atomic E-state index is 0.0924. The van der Waals surface area contributed by atoms with Gasteiger partial charge in [0, 0.05) is 36.1 Å². The minimum Gasteiger partial charge on any atom is -0.444 e. The summed E-state index contributed by atoms with van der Waals surface area (Å²) in [4.78, 5) is 13.9. The molecule has 2 N–H and O–H groups in total. The van der Waals surface area contributed by atoms with Crippen molar-refractivity contribution in [2.75, 3.05) is 18.8 Å². The number of ether oxygens (including phenoxy) is 1. The summed E-state index contributed by atoms with van der Waals surface area (Å²) >= 11 is 0. The summed E-state index contributed by atoms with van der Waals surface area (Å²) in [5.74, 6) is -0.546. The third-order valence-corrected chi connectivity index (χ3v) is 4.61. The molecule has 0 spiro atoms. The second kappa shape index (κ2) is 7.50. The molecular formula is C20H24FN5O2. The smallest absolute Gasteiger partial charge is 0.410 e. The first kappa shape index (κ1) is 19.7. The van der Waals surface area contributed by atoms with E-state index in [1.165, 1.54) is 12.1 Å². The van der Waals surface area contributed by atoms with E-state index < -0.39 is 11.4 Å². The largest absolute Gasteiger partial charge is 0.444 e. The number of rotatable bonds is 2. The second-order valence-corrected chi connectivity index (χ2v) is 7.94. The van der Waals surface area contributed by atoms with E-state index in [1.54, 1.807) is 22.0 Å². The zero-order valence-corrected chi connectivity index (χ0v) is 16.3. The van der Waals surface area contributed by atoms with E-state index in [0.717, 1.165) is 12.8 Å². The summed E-state index contributed by atoms with van der Waals surface area (Å²) in [5.41, 5.74) is 6.22. The average molecular weight is 385 g/mol. The Bertz CT molecular complexity index is 918. The van der Waals surface area contributed by atoms with Crippen molar-refractivity contribution in [1.82, 2.24) is 14.7 Å². The van der Waals surface area contributed by atoms with E-state index in [4.69, 9.17) is 10.5 Å². The number of piperidine rings is 1. The van der Waals surface area contributed by atoms with Gasteiger partial charge in [0.05, 0.1) is 23.9 Å². The van der Waals surface area contributed by atoms with Crippen molar-refractivity contribution in [2.24, 2.45) is 0 Å². The summed E-state index contributed by atoms with van der Waals surface area (Å²) in [5, 5.41) is 13.7. The summed E-state index contributed by atoms with van der Waals surface area (Å²) in [6.07, 6.45) is 4.42. The van der Waals surface area contributed by atoms with Crippen LogP contribution < -0.4 is 5.73 Å². The summed E-state index contributed by atoms with van der Waals surface area (Å²) in [7, 11) is 0. The number of nitrogen functional groups attached to an aromatic ring is 1. The standard InChI is InChI=1S/C20H24FN5O2/c1-20(2,3)28-19(27)25-6-4-16(5-7-25)26-12-14(11-24-26)18-13(10-22)8-15(23)9-17(18)21/h8-9,11-12,16H,4-7,23H2,1-3H3. The first-order valence-electron chi connectivity index (χ1n) is 9.19. The number of nitriles is 1. The Labute approximate surface area is 163 Å². The molecule has 0 saturated carbocycles. The lowest BCUT2D eigenvalue weighted by Gasteiger charge is -2.33. The van der Waals surface area contributed by atoms with Crippen LogP contribution in [0.2, 0.25) is 0 Å². The Hall–Kier alpha value is -3.08. The van der Waals surface area contributed by atoms with Crippen molar-refractivity contribution >= 4 is 11.8 Å². The Balaban J connectivity index is 1.72. The first-order chi connectivity index (χ1) is 13.2. The van der Waals surface area contributed by atoms with Crippen LogP contribution in [-0.2, 0) is 4.74 Å². The molecule has 28 heavy (non-hydrogen) atoms. The Morgan fingerprint density at radius 1 is 1.36 bits per heavy atom. The van der Waals surface area contributed by atoms with Gasteiger partial charge < -0.3 is 15.4 Å². The molecule has 148 valence electrons. The fourth-order valence-electron chi connectivity index (χ4n) is 3.32. The van der Waals surface area contributed by atoms with E-state index >= 15 is 0 Å². The molecule has 1 aliphatic rings. The summed E-state index contributed by atoms with van der Waals surface area (Å²) < 4.78 is 21.6. The van der Waals surface area contributed by atoms with Crippen LogP contribution in [0.1, 0.15) is 45.2 Å². The van der Waals surface area contributed by atoms with Gasteiger partial charge in [-0.25, -0.2) is 9.18 Å². The number of hydrogen-bond acceptors (Lipinski definition) is 5. The highest BCUT2D eigenvalue weighted by Crippen LogP contribution is 2.31. The van der Waals surface area contributed by atoms with Crippen LogP contribution in [0.25, 0.3) is 11.1 Å². The lowest BCUT2D eigenvalue weighted by Crippen LogP contribution is -2.42. The van der Waals surface area contributed by atoms with Crippen LogP contribution in [0.15, 0.2) is 24.5 Å². The molecule has 7 nitrogen and oxygen atoms in total. The maximum atomic E-state index is 14.4. The van der Waals surface area contributed by atoms with Crippen LogP contribution in [-0.4, -0.2) is 39.5 Å². The van der Waals surface area contributed by atoms with Gasteiger partial charge in [-0.15, -0.1) is 0 Å². The molecule has 0 radical (unpaired) electrons. The fraction of sp³-hybridized carbons (Fsp3) is 0.450. The van der Waals surface area contributed by atoms with E-state index in [2.05, 4.69) is 5.10 Å². The molecule has 1 aromatic heterocycles. The number of aromatic nitrogens is 2. The van der Waals surface area contributed by atoms with Crippen LogP contribution in [0.5, 0.6) is 0 Å². The molecule has 8 heteroatoms. The third kappa shape index (κ3) is 4.25. The van der Waals surface area contributed by atoms with Crippen molar-refractivity contribution in [2.45, 2.75) is 45.3 Å². The van der Waals surface area contributed by atoms with Gasteiger partial charge in [0.1, 0.15) is 11.4 Å². The van der Waals surface area contributed by atoms with Crippen molar-refractivity contribution in [3.8, 4) is 17.2 Å². The highest BCUT2D eigenvalue weighted by Gasteiger charge is 2.28. The molecule has 1 saturated heterocycles. The average Bonchev–Trinajstić information content (AvgIpc) is 3.09. The second-order valence-electron chi connectivity index (χ2n) is 7.94. The topological polar surface area (TPSA) is 97.2 Å². The molecule has 1 amide bonds. The predicted octanol–water partition coefficient (Wildman–Crippen LogP) is 3.72. The summed E-state index contributed by atoms with van der Waals surface area (Å²) in [6, 6.07) is 4.73. The van der Waals surface area contributed by atoms with E-state index in [9.17, 15) is 14.4 Å². The highest BCUT2D eigenvalue weighted by atomic mass is 19.1. The number of halogens is 1. The van der Waals surface area contributed by atoms with Gasteiger partial charge >= 0.3 is 6.09 Å². The molecular weight excluding hydrogens is 361 g/mol. The molecule has 1 aliphatic heterocycles. The van der Waals surface area contributed by atoms with Gasteiger partial charge in [0.15, 0.2) is 0 Å². The van der Waals surface area contributed by atoms with Gasteiger partial charge in [-0.3, -0.25) is 4.68 Å². The van der Waals surface area contributed by atoms with Crippen LogP contribution >= 0.6 is 0 Å². The molecule has 0 aliphatic carbocycles. The number of nitrogens with zero attached hydrogens (tertiary/aromatic N) is 4. The number of carbonyl (C=O) groups excluding carboxylic acids is 1. The number of nitrogens with two attached hydrogens (primary N) is 1. The van der Waals surface area contributed by atoms with E-state index in [0.29, 0.717) is 18.7 Å². The van der Waals surface area contributed by atoms with Crippen LogP contribution in [0.3, 0.4) is 0 Å². The van der Waals surface area contributed by atoms with E-state index in [1.807, 2.05) is 26.8 Å². The van der Waals surface area contributed by atoms with Crippen molar-refractivity contribution in [1.29, 1.82) is 5.26 Å². The minimum atomic E-state index is -0.546. The molecule has 2 heterocycles. The predicted molar refractivity (Wildman–Crippen MR) is 103 cm³/mol. The van der Waals surface area contributed by atoms with Crippen LogP contribution in [0.4, 0.5) is 14.9 Å². The molecule has 0 bridgehead atoms. The Morgan fingerprint density at radius 2 is 2.04 bits per heavy atom. The van der Waals surface area contributed by atoms with Gasteiger partial charge in [-0.2, -0.15) is 10.4 Å². The Kier molecular flexibility index (Phi) is 5.27. The van der Waals surface area contributed by atoms with E-state index in [-0.39, 0.29) is 28.9 Å². The SMILES string of the molecule is CC(C)(C)OC(=O)N1CCC(n2cc(-c3c(F)cc(N)cc3C#N)cn2)CC1. The monoisotopic (exact) mass is 385 g/mol. The molecule has 3 rings (SSSR count). The summed E-state index contributed by atoms with van der Waals surface area (Å²) in [6.45, 7) is 6.65. The maximum absolute atomic E-state index is 14.4. The number of hydrogen-bond donors (Lipinski definition) is 1. The molecule has 1 fully saturated rings. The molecule has 2 aromatic rings. The normalized spacial score (nSPS) is 15.3. The van der Waals surface area contributed by atoms with Gasteiger partial charge in [0.25, 0.3) is 0 Å². The first-order valence-corrected chi connectivity index (χ1v) is 9.19. The van der Waals surface area contributed by atoms with Gasteiger partial charge in [0.2, 0.25) is 0 Å². The van der Waals surface area contributed by atoms with Gasteiger partial charge in [-0.1, -0.05) is 0 Å². The number of amides is 1. The molecule has 0 atom stereocenters. The number of anilines is 1. The zero-order chi connectivity index (χ0) is 20.5. The number of likely N-dealkylation sites (tertiary alicyclic amines) is 1. The molecule has 0 unspecified atom stereocenters. The Morgan fingerprint density at radius 3 is 2.64 bits per heavy atom. The third-order valence-electron chi connectivity index (χ3n) is 4.61. The van der Waals surface area contributed by atoms with Crippen molar-refractivity contribution < 1.29 is 13.9 Å². The number of benzene rings is 1.